The van der Waals surface area contributed by atoms with E-state index in [4.69, 9.17) is 4.42 Å². The molecule has 0 bridgehead atoms. The predicted molar refractivity (Wildman–Crippen MR) is 112 cm³/mol. The number of rotatable bonds is 8. The van der Waals surface area contributed by atoms with E-state index in [1.54, 1.807) is 42.5 Å². The molecule has 0 atom stereocenters. The quantitative estimate of drug-likeness (QED) is 0.576. The molecule has 3 aromatic rings. The zero-order valence-electron chi connectivity index (χ0n) is 16.4. The Kier molecular flexibility index (Phi) is 6.68. The molecule has 0 aliphatic carbocycles. The minimum atomic E-state index is -3.61. The summed E-state index contributed by atoms with van der Waals surface area (Å²) in [4.78, 5) is 24.7. The van der Waals surface area contributed by atoms with Crippen LogP contribution in [0.3, 0.4) is 0 Å². The van der Waals surface area contributed by atoms with E-state index < -0.39 is 15.7 Å². The number of hydrogen-bond donors (Lipinski definition) is 2. The molecule has 2 aromatic carbocycles. The van der Waals surface area contributed by atoms with Gasteiger partial charge in [0.1, 0.15) is 0 Å². The molecule has 0 spiro atoms. The van der Waals surface area contributed by atoms with E-state index in [9.17, 15) is 18.0 Å². The highest BCUT2D eigenvalue weighted by atomic mass is 32.2. The number of benzene rings is 2. The maximum atomic E-state index is 12.6. The fourth-order valence-electron chi connectivity index (χ4n) is 2.91. The monoisotopic (exact) mass is 426 g/mol. The zero-order chi connectivity index (χ0) is 21.6. The normalized spacial score (nSPS) is 11.1. The minimum Gasteiger partial charge on any atom is -0.459 e. The molecule has 7 nitrogen and oxygen atoms in total. The third kappa shape index (κ3) is 5.15. The smallest absolute Gasteiger partial charge is 0.287 e. The molecule has 0 fully saturated rings. The Bertz CT molecular complexity index is 1140. The molecule has 3 rings (SSSR count). The standard InChI is InChI=1S/C22H22N2O5S/c1-2-23-21(25)17-8-6-7-16(13-17)14-24-22(26)20-18(11-12-29-20)15-30(27,28)19-9-4-3-5-10-19/h3-13H,2,14-15H2,1H3,(H,23,25)(H,24,26). The summed E-state index contributed by atoms with van der Waals surface area (Å²) in [7, 11) is -3.61. The molecular weight excluding hydrogens is 404 g/mol. The van der Waals surface area contributed by atoms with E-state index in [-0.39, 0.29) is 34.4 Å². The summed E-state index contributed by atoms with van der Waals surface area (Å²) in [6.45, 7) is 2.52. The van der Waals surface area contributed by atoms with Gasteiger partial charge in [0.15, 0.2) is 15.6 Å². The van der Waals surface area contributed by atoms with Gasteiger partial charge in [-0.05, 0) is 42.8 Å². The largest absolute Gasteiger partial charge is 0.459 e. The van der Waals surface area contributed by atoms with Gasteiger partial charge < -0.3 is 15.1 Å². The van der Waals surface area contributed by atoms with E-state index in [1.165, 1.54) is 24.5 Å². The number of furan rings is 1. The third-order valence-corrected chi connectivity index (χ3v) is 6.06. The van der Waals surface area contributed by atoms with E-state index in [2.05, 4.69) is 10.6 Å². The van der Waals surface area contributed by atoms with Crippen LogP contribution in [0.2, 0.25) is 0 Å². The number of carbonyl (C=O) groups is 2. The number of hydrogen-bond acceptors (Lipinski definition) is 5. The topological polar surface area (TPSA) is 105 Å². The molecule has 1 aromatic heterocycles. The van der Waals surface area contributed by atoms with Crippen molar-refractivity contribution in [3.63, 3.8) is 0 Å². The van der Waals surface area contributed by atoms with Gasteiger partial charge in [0, 0.05) is 24.2 Å². The van der Waals surface area contributed by atoms with Crippen LogP contribution in [0.4, 0.5) is 0 Å². The second-order valence-electron chi connectivity index (χ2n) is 6.59. The number of nitrogens with one attached hydrogen (secondary N) is 2. The fraction of sp³-hybridized carbons (Fsp3) is 0.182. The number of carbonyl (C=O) groups excluding carboxylic acids is 2. The zero-order valence-corrected chi connectivity index (χ0v) is 17.2. The molecule has 0 saturated carbocycles. The SMILES string of the molecule is CCNC(=O)c1cccc(CNC(=O)c2occc2CS(=O)(=O)c2ccccc2)c1. The average Bonchev–Trinajstić information content (AvgIpc) is 3.20. The van der Waals surface area contributed by atoms with E-state index >= 15 is 0 Å². The first-order valence-electron chi connectivity index (χ1n) is 9.40. The summed E-state index contributed by atoms with van der Waals surface area (Å²) < 4.78 is 30.4. The Morgan fingerprint density at radius 1 is 0.933 bits per heavy atom. The molecule has 8 heteroatoms. The maximum absolute atomic E-state index is 12.6. The van der Waals surface area contributed by atoms with Crippen molar-refractivity contribution in [2.75, 3.05) is 6.54 Å². The van der Waals surface area contributed by atoms with Crippen LogP contribution in [-0.2, 0) is 22.1 Å². The van der Waals surface area contributed by atoms with Crippen molar-refractivity contribution in [1.82, 2.24) is 10.6 Å². The van der Waals surface area contributed by atoms with Crippen LogP contribution in [0.25, 0.3) is 0 Å². The van der Waals surface area contributed by atoms with Crippen LogP contribution in [0, 0.1) is 0 Å². The molecule has 156 valence electrons. The Morgan fingerprint density at radius 3 is 2.43 bits per heavy atom. The summed E-state index contributed by atoms with van der Waals surface area (Å²) in [5.41, 5.74) is 1.51. The van der Waals surface area contributed by atoms with Crippen LogP contribution in [0.1, 0.15) is 39.0 Å². The van der Waals surface area contributed by atoms with Gasteiger partial charge in [-0.2, -0.15) is 0 Å². The van der Waals surface area contributed by atoms with Crippen molar-refractivity contribution in [1.29, 1.82) is 0 Å². The van der Waals surface area contributed by atoms with Crippen molar-refractivity contribution in [2.45, 2.75) is 24.1 Å². The molecule has 1 heterocycles. The maximum Gasteiger partial charge on any atom is 0.287 e. The van der Waals surface area contributed by atoms with Crippen LogP contribution in [0.5, 0.6) is 0 Å². The predicted octanol–water partition coefficient (Wildman–Crippen LogP) is 2.93. The molecule has 0 unspecified atom stereocenters. The van der Waals surface area contributed by atoms with Crippen molar-refractivity contribution in [3.05, 3.63) is 89.4 Å². The molecule has 0 aliphatic heterocycles. The Hall–Kier alpha value is -3.39. The molecule has 0 radical (unpaired) electrons. The van der Waals surface area contributed by atoms with Gasteiger partial charge in [0.25, 0.3) is 11.8 Å². The summed E-state index contributed by atoms with van der Waals surface area (Å²) in [6, 6.07) is 16.4. The summed E-state index contributed by atoms with van der Waals surface area (Å²) >= 11 is 0. The van der Waals surface area contributed by atoms with Gasteiger partial charge in [0.2, 0.25) is 0 Å². The highest BCUT2D eigenvalue weighted by Gasteiger charge is 2.22. The molecule has 0 aliphatic rings. The second-order valence-corrected chi connectivity index (χ2v) is 8.58. The van der Waals surface area contributed by atoms with Crippen LogP contribution < -0.4 is 10.6 Å². The highest BCUT2D eigenvalue weighted by molar-refractivity contribution is 7.90. The first-order valence-corrected chi connectivity index (χ1v) is 11.1. The van der Waals surface area contributed by atoms with E-state index in [0.29, 0.717) is 12.1 Å². The van der Waals surface area contributed by atoms with Gasteiger partial charge in [-0.1, -0.05) is 30.3 Å². The molecule has 2 amide bonds. The summed E-state index contributed by atoms with van der Waals surface area (Å²) in [5, 5.41) is 5.43. The van der Waals surface area contributed by atoms with Gasteiger partial charge >= 0.3 is 0 Å². The van der Waals surface area contributed by atoms with Crippen molar-refractivity contribution in [3.8, 4) is 0 Å². The Balaban J connectivity index is 1.69. The van der Waals surface area contributed by atoms with Crippen LogP contribution in [-0.4, -0.2) is 26.8 Å². The summed E-state index contributed by atoms with van der Waals surface area (Å²) in [6.07, 6.45) is 1.29. The van der Waals surface area contributed by atoms with Crippen LogP contribution >= 0.6 is 0 Å². The first kappa shape index (κ1) is 21.3. The second kappa shape index (κ2) is 9.41. The van der Waals surface area contributed by atoms with Gasteiger partial charge in [0.05, 0.1) is 16.9 Å². The molecule has 30 heavy (non-hydrogen) atoms. The average molecular weight is 426 g/mol. The van der Waals surface area contributed by atoms with Gasteiger partial charge in [-0.25, -0.2) is 8.42 Å². The fourth-order valence-corrected chi connectivity index (χ4v) is 4.29. The first-order chi connectivity index (χ1) is 14.4. The van der Waals surface area contributed by atoms with Gasteiger partial charge in [-0.15, -0.1) is 0 Å². The Morgan fingerprint density at radius 2 is 1.70 bits per heavy atom. The van der Waals surface area contributed by atoms with E-state index in [0.717, 1.165) is 5.56 Å². The Labute approximate surface area is 175 Å². The van der Waals surface area contributed by atoms with Crippen molar-refractivity contribution in [2.24, 2.45) is 0 Å². The van der Waals surface area contributed by atoms with E-state index in [1.807, 2.05) is 6.92 Å². The van der Waals surface area contributed by atoms with Crippen LogP contribution in [0.15, 0.2) is 76.2 Å². The number of sulfone groups is 1. The minimum absolute atomic E-state index is 0.0469. The third-order valence-electron chi connectivity index (χ3n) is 4.38. The highest BCUT2D eigenvalue weighted by Crippen LogP contribution is 2.20. The lowest BCUT2D eigenvalue weighted by Crippen LogP contribution is -2.25. The lowest BCUT2D eigenvalue weighted by molar-refractivity contribution is 0.0921. The molecule has 2 N–H and O–H groups in total. The lowest BCUT2D eigenvalue weighted by Gasteiger charge is -2.08. The lowest BCUT2D eigenvalue weighted by atomic mass is 10.1. The molecular formula is C22H22N2O5S. The number of amides is 2. The summed E-state index contributed by atoms with van der Waals surface area (Å²) in [5.74, 6) is -1.11. The van der Waals surface area contributed by atoms with Crippen molar-refractivity contribution >= 4 is 21.7 Å². The molecule has 0 saturated heterocycles. The van der Waals surface area contributed by atoms with Gasteiger partial charge in [-0.3, -0.25) is 9.59 Å². The van der Waals surface area contributed by atoms with Crippen molar-refractivity contribution < 1.29 is 22.4 Å².